The van der Waals surface area contributed by atoms with Crippen molar-refractivity contribution in [2.75, 3.05) is 5.32 Å². The van der Waals surface area contributed by atoms with Crippen LogP contribution < -0.4 is 5.32 Å². The van der Waals surface area contributed by atoms with Crippen molar-refractivity contribution in [3.05, 3.63) is 92.8 Å². The molecule has 0 saturated heterocycles. The molecule has 0 fully saturated rings. The molecular formula is C22H22N4O3. The lowest BCUT2D eigenvalue weighted by atomic mass is 10.0. The zero-order valence-corrected chi connectivity index (χ0v) is 16.5. The summed E-state index contributed by atoms with van der Waals surface area (Å²) in [5.41, 5.74) is 5.77. The van der Waals surface area contributed by atoms with Gasteiger partial charge in [-0.1, -0.05) is 24.3 Å². The number of nitrogens with zero attached hydrogens (tertiary/aromatic N) is 3. The van der Waals surface area contributed by atoms with Crippen molar-refractivity contribution in [1.29, 1.82) is 0 Å². The van der Waals surface area contributed by atoms with Gasteiger partial charge in [0.2, 0.25) is 5.91 Å². The molecule has 0 unspecified atom stereocenters. The lowest BCUT2D eigenvalue weighted by molar-refractivity contribution is -0.384. The molecule has 0 spiro atoms. The quantitative estimate of drug-likeness (QED) is 0.388. The number of anilines is 1. The van der Waals surface area contributed by atoms with Crippen LogP contribution in [0.5, 0.6) is 0 Å². The van der Waals surface area contributed by atoms with E-state index >= 15 is 0 Å². The molecule has 2 aromatic carbocycles. The van der Waals surface area contributed by atoms with Gasteiger partial charge in [-0.2, -0.15) is 5.10 Å². The molecule has 7 nitrogen and oxygen atoms in total. The maximum Gasteiger partial charge on any atom is 0.270 e. The predicted octanol–water partition coefficient (Wildman–Crippen LogP) is 4.19. The van der Waals surface area contributed by atoms with E-state index in [0.717, 1.165) is 23.4 Å². The number of rotatable bonds is 6. The molecule has 7 heteroatoms. The Kier molecular flexibility index (Phi) is 5.87. The minimum Gasteiger partial charge on any atom is -0.323 e. The number of carbonyl (C=O) groups is 1. The molecule has 0 atom stereocenters. The summed E-state index contributed by atoms with van der Waals surface area (Å²) < 4.78 is 1.88. The molecule has 1 aromatic heterocycles. The first-order valence-electron chi connectivity index (χ1n) is 9.15. The number of nitrogens with one attached hydrogen (secondary N) is 1. The molecule has 148 valence electrons. The summed E-state index contributed by atoms with van der Waals surface area (Å²) in [7, 11) is 1.94. The second-order valence-corrected chi connectivity index (χ2v) is 6.82. The highest BCUT2D eigenvalue weighted by atomic mass is 16.6. The van der Waals surface area contributed by atoms with E-state index in [1.165, 1.54) is 23.8 Å². The van der Waals surface area contributed by atoms with E-state index in [1.54, 1.807) is 18.2 Å². The van der Waals surface area contributed by atoms with Gasteiger partial charge in [0.15, 0.2) is 0 Å². The van der Waals surface area contributed by atoms with Crippen molar-refractivity contribution in [3.63, 3.8) is 0 Å². The van der Waals surface area contributed by atoms with Gasteiger partial charge in [0.1, 0.15) is 0 Å². The van der Waals surface area contributed by atoms with E-state index in [-0.39, 0.29) is 11.6 Å². The molecular weight excluding hydrogens is 368 g/mol. The summed E-state index contributed by atoms with van der Waals surface area (Å²) in [4.78, 5) is 22.5. The van der Waals surface area contributed by atoms with Gasteiger partial charge in [-0.15, -0.1) is 0 Å². The normalized spacial score (nSPS) is 11.0. The number of hydrogen-bond donors (Lipinski definition) is 1. The lowest BCUT2D eigenvalue weighted by Gasteiger charge is -2.06. The smallest absolute Gasteiger partial charge is 0.270 e. The van der Waals surface area contributed by atoms with Crippen LogP contribution in [-0.4, -0.2) is 20.6 Å². The number of hydrogen-bond acceptors (Lipinski definition) is 4. The Bertz CT molecular complexity index is 1080. The Morgan fingerprint density at radius 2 is 1.93 bits per heavy atom. The fourth-order valence-corrected chi connectivity index (χ4v) is 3.08. The van der Waals surface area contributed by atoms with E-state index in [1.807, 2.05) is 42.9 Å². The molecule has 29 heavy (non-hydrogen) atoms. The van der Waals surface area contributed by atoms with Crippen LogP contribution >= 0.6 is 0 Å². The standard InChI is InChI=1S/C22H22N4O3/c1-15-21(16(2)25(3)24-15)14-18-7-10-19(11-8-18)23-22(27)12-9-17-5-4-6-20(13-17)26(28)29/h4-13H,14H2,1-3H3,(H,23,27)/b12-9+. The number of non-ortho nitro benzene ring substituents is 1. The largest absolute Gasteiger partial charge is 0.323 e. The monoisotopic (exact) mass is 390 g/mol. The van der Waals surface area contributed by atoms with Crippen molar-refractivity contribution < 1.29 is 9.72 Å². The number of nitro groups is 1. The summed E-state index contributed by atoms with van der Waals surface area (Å²) in [5, 5.41) is 18.0. The van der Waals surface area contributed by atoms with Crippen LogP contribution in [0.25, 0.3) is 6.08 Å². The molecule has 0 aliphatic rings. The second-order valence-electron chi connectivity index (χ2n) is 6.82. The van der Waals surface area contributed by atoms with Crippen LogP contribution in [0, 0.1) is 24.0 Å². The molecule has 0 aliphatic carbocycles. The average Bonchev–Trinajstić information content (AvgIpc) is 2.94. The van der Waals surface area contributed by atoms with Gasteiger partial charge in [0.25, 0.3) is 5.69 Å². The summed E-state index contributed by atoms with van der Waals surface area (Å²) in [6.45, 7) is 4.06. The SMILES string of the molecule is Cc1nn(C)c(C)c1Cc1ccc(NC(=O)/C=C/c2cccc([N+](=O)[O-])c2)cc1. The van der Waals surface area contributed by atoms with Crippen LogP contribution in [0.2, 0.25) is 0 Å². The highest BCUT2D eigenvalue weighted by Gasteiger charge is 2.10. The second kappa shape index (κ2) is 8.52. The van der Waals surface area contributed by atoms with Gasteiger partial charge in [-0.25, -0.2) is 0 Å². The van der Waals surface area contributed by atoms with Gasteiger partial charge < -0.3 is 5.32 Å². The highest BCUT2D eigenvalue weighted by Crippen LogP contribution is 2.19. The van der Waals surface area contributed by atoms with Crippen molar-refractivity contribution >= 4 is 23.4 Å². The van der Waals surface area contributed by atoms with Crippen molar-refractivity contribution in [2.45, 2.75) is 20.3 Å². The summed E-state index contributed by atoms with van der Waals surface area (Å²) in [6, 6.07) is 13.8. The number of aromatic nitrogens is 2. The van der Waals surface area contributed by atoms with E-state index in [2.05, 4.69) is 17.3 Å². The lowest BCUT2D eigenvalue weighted by Crippen LogP contribution is -2.07. The maximum absolute atomic E-state index is 12.1. The summed E-state index contributed by atoms with van der Waals surface area (Å²) >= 11 is 0. The van der Waals surface area contributed by atoms with Gasteiger partial charge in [0, 0.05) is 48.6 Å². The molecule has 1 heterocycles. The number of nitro benzene ring substituents is 1. The molecule has 0 aliphatic heterocycles. The third-order valence-electron chi connectivity index (χ3n) is 4.77. The van der Waals surface area contributed by atoms with Crippen molar-refractivity contribution in [3.8, 4) is 0 Å². The van der Waals surface area contributed by atoms with E-state index in [4.69, 9.17) is 0 Å². The first-order chi connectivity index (χ1) is 13.8. The van der Waals surface area contributed by atoms with Crippen LogP contribution in [0.1, 0.15) is 28.1 Å². The van der Waals surface area contributed by atoms with Gasteiger partial charge in [0.05, 0.1) is 10.6 Å². The molecule has 1 amide bonds. The topological polar surface area (TPSA) is 90.1 Å². The number of aryl methyl sites for hydroxylation is 2. The van der Waals surface area contributed by atoms with E-state index in [9.17, 15) is 14.9 Å². The van der Waals surface area contributed by atoms with Gasteiger partial charge in [-0.05, 0) is 43.2 Å². The highest BCUT2D eigenvalue weighted by molar-refractivity contribution is 6.01. The number of benzene rings is 2. The van der Waals surface area contributed by atoms with E-state index < -0.39 is 4.92 Å². The van der Waals surface area contributed by atoms with Crippen LogP contribution in [0.15, 0.2) is 54.6 Å². The minimum atomic E-state index is -0.465. The third-order valence-corrected chi connectivity index (χ3v) is 4.77. The van der Waals surface area contributed by atoms with Crippen LogP contribution in [0.4, 0.5) is 11.4 Å². The molecule has 3 aromatic rings. The zero-order valence-electron chi connectivity index (χ0n) is 16.5. The first-order valence-corrected chi connectivity index (χ1v) is 9.15. The van der Waals surface area contributed by atoms with Gasteiger partial charge in [-0.3, -0.25) is 19.6 Å². The van der Waals surface area contributed by atoms with Gasteiger partial charge >= 0.3 is 0 Å². The minimum absolute atomic E-state index is 0.0118. The molecule has 0 saturated carbocycles. The predicted molar refractivity (Wildman–Crippen MR) is 113 cm³/mol. The Hall–Kier alpha value is -3.74. The van der Waals surface area contributed by atoms with Crippen LogP contribution in [-0.2, 0) is 18.3 Å². The number of amides is 1. The number of carbonyl (C=O) groups excluding carboxylic acids is 1. The Morgan fingerprint density at radius 3 is 2.55 bits per heavy atom. The Labute approximate surface area is 168 Å². The zero-order chi connectivity index (χ0) is 21.0. The fourth-order valence-electron chi connectivity index (χ4n) is 3.08. The first kappa shape index (κ1) is 20.0. The third kappa shape index (κ3) is 4.95. The molecule has 0 radical (unpaired) electrons. The van der Waals surface area contributed by atoms with Crippen molar-refractivity contribution in [1.82, 2.24) is 9.78 Å². The van der Waals surface area contributed by atoms with Crippen molar-refractivity contribution in [2.24, 2.45) is 7.05 Å². The summed E-state index contributed by atoms with van der Waals surface area (Å²) in [5.74, 6) is -0.303. The fraction of sp³-hybridized carbons (Fsp3) is 0.182. The molecule has 3 rings (SSSR count). The average molecular weight is 390 g/mol. The van der Waals surface area contributed by atoms with E-state index in [0.29, 0.717) is 11.3 Å². The molecule has 1 N–H and O–H groups in total. The molecule has 0 bridgehead atoms. The Balaban J connectivity index is 1.62. The maximum atomic E-state index is 12.1. The van der Waals surface area contributed by atoms with Crippen LogP contribution in [0.3, 0.4) is 0 Å². The Morgan fingerprint density at radius 1 is 1.21 bits per heavy atom. The summed E-state index contributed by atoms with van der Waals surface area (Å²) in [6.07, 6.45) is 3.69.